The molecule has 2 saturated carbocycles. The molecular weight excluding hydrogens is 548 g/mol. The highest BCUT2D eigenvalue weighted by Crippen LogP contribution is 2.72. The van der Waals surface area contributed by atoms with Gasteiger partial charge in [-0.1, -0.05) is 27.4 Å². The van der Waals surface area contributed by atoms with E-state index in [0.29, 0.717) is 11.1 Å². The number of furan rings is 1. The predicted molar refractivity (Wildman–Crippen MR) is 144 cm³/mol. The van der Waals surface area contributed by atoms with E-state index in [1.165, 1.54) is 33.5 Å². The van der Waals surface area contributed by atoms with Gasteiger partial charge in [0, 0.05) is 43.1 Å². The Morgan fingerprint density at radius 2 is 1.71 bits per heavy atom. The zero-order valence-electron chi connectivity index (χ0n) is 25.1. The lowest BCUT2D eigenvalue weighted by atomic mass is 9.40. The number of rotatable bonds is 5. The molecule has 1 unspecified atom stereocenters. The first-order valence-electron chi connectivity index (χ1n) is 14.3. The number of carbonyl (C=O) groups excluding carboxylic acids is 4. The molecule has 5 rings (SSSR count). The van der Waals surface area contributed by atoms with E-state index in [1.54, 1.807) is 13.0 Å². The summed E-state index contributed by atoms with van der Waals surface area (Å²) in [7, 11) is 1.32. The van der Waals surface area contributed by atoms with Crippen LogP contribution in [0, 0.1) is 28.1 Å². The summed E-state index contributed by atoms with van der Waals surface area (Å²) in [5, 5.41) is 11.7. The Bertz CT molecular complexity index is 1300. The number of hydrogen-bond acceptors (Lipinski definition) is 11. The maximum atomic E-state index is 13.4. The maximum Gasteiger partial charge on any atom is 0.339 e. The van der Waals surface area contributed by atoms with E-state index < -0.39 is 88.1 Å². The normalized spacial score (nSPS) is 42.0. The lowest BCUT2D eigenvalue weighted by Crippen LogP contribution is -2.80. The van der Waals surface area contributed by atoms with E-state index >= 15 is 0 Å². The number of ether oxygens (including phenoxy) is 5. The van der Waals surface area contributed by atoms with Crippen LogP contribution in [0.2, 0.25) is 0 Å². The molecule has 2 aliphatic heterocycles. The Balaban J connectivity index is 1.74. The molecule has 2 saturated heterocycles. The minimum absolute atomic E-state index is 0.00779. The van der Waals surface area contributed by atoms with Crippen LogP contribution in [-0.4, -0.2) is 66.1 Å². The topological polar surface area (TPSA) is 148 Å². The average molecular weight is 589 g/mol. The molecule has 0 aromatic carbocycles. The van der Waals surface area contributed by atoms with Crippen molar-refractivity contribution in [3.8, 4) is 0 Å². The molecule has 1 N–H and O–H groups in total. The van der Waals surface area contributed by atoms with Gasteiger partial charge in [-0.2, -0.15) is 0 Å². The number of aliphatic hydroxyl groups excluding tert-OH is 1. The van der Waals surface area contributed by atoms with E-state index in [4.69, 9.17) is 28.1 Å². The zero-order valence-corrected chi connectivity index (χ0v) is 25.1. The molecule has 2 aliphatic carbocycles. The summed E-state index contributed by atoms with van der Waals surface area (Å²) >= 11 is 0. The predicted octanol–water partition coefficient (Wildman–Crippen LogP) is 3.44. The fraction of sp³-hybridized carbons (Fsp3) is 0.677. The van der Waals surface area contributed by atoms with Gasteiger partial charge in [0.2, 0.25) is 0 Å². The molecular formula is C31H40O11. The summed E-state index contributed by atoms with van der Waals surface area (Å²) in [6.45, 7) is 14.7. The molecule has 10 atom stereocenters. The van der Waals surface area contributed by atoms with Crippen LogP contribution in [0.1, 0.15) is 72.5 Å². The van der Waals surface area contributed by atoms with Crippen LogP contribution in [0.4, 0.5) is 0 Å². The minimum atomic E-state index is -1.80. The quantitative estimate of drug-likeness (QED) is 0.306. The van der Waals surface area contributed by atoms with Crippen molar-refractivity contribution >= 4 is 23.9 Å². The van der Waals surface area contributed by atoms with Gasteiger partial charge in [0.1, 0.15) is 23.9 Å². The van der Waals surface area contributed by atoms with E-state index in [0.717, 1.165) is 0 Å². The Kier molecular flexibility index (Phi) is 7.17. The van der Waals surface area contributed by atoms with Crippen molar-refractivity contribution < 1.29 is 52.4 Å². The van der Waals surface area contributed by atoms with Crippen molar-refractivity contribution in [1.29, 1.82) is 0 Å². The van der Waals surface area contributed by atoms with Gasteiger partial charge in [-0.05, 0) is 36.8 Å². The van der Waals surface area contributed by atoms with E-state index in [9.17, 15) is 24.3 Å². The van der Waals surface area contributed by atoms with Crippen LogP contribution in [0.15, 0.2) is 35.2 Å². The van der Waals surface area contributed by atoms with Crippen molar-refractivity contribution in [2.75, 3.05) is 7.11 Å². The Labute approximate surface area is 244 Å². The van der Waals surface area contributed by atoms with Crippen LogP contribution in [0.25, 0.3) is 0 Å². The summed E-state index contributed by atoms with van der Waals surface area (Å²) < 4.78 is 35.1. The van der Waals surface area contributed by atoms with E-state index in [1.807, 2.05) is 20.8 Å². The molecule has 4 fully saturated rings. The lowest BCUT2D eigenvalue weighted by molar-refractivity contribution is -0.352. The Hall–Kier alpha value is -3.18. The highest BCUT2D eigenvalue weighted by Gasteiger charge is 2.79. The fourth-order valence-corrected chi connectivity index (χ4v) is 8.86. The molecule has 11 nitrogen and oxygen atoms in total. The van der Waals surface area contributed by atoms with Crippen molar-refractivity contribution in [3.05, 3.63) is 36.3 Å². The minimum Gasteiger partial charge on any atom is -0.472 e. The SMILES string of the molecule is C=C1C2C[C@@H](OC(C)=O)[C@]3(C)[C@@H](c4ccoc4)OC(=O)[C@@H](O)[C@]13O[C@H]1C[C@H](OC(C)=O)C(C)(C)[C@H](CC(=O)OC)[C@@]21C. The van der Waals surface area contributed by atoms with E-state index in [2.05, 4.69) is 6.58 Å². The molecule has 230 valence electrons. The van der Waals surface area contributed by atoms with Gasteiger partial charge >= 0.3 is 23.9 Å². The molecule has 1 spiro atoms. The third-order valence-corrected chi connectivity index (χ3v) is 10.9. The van der Waals surface area contributed by atoms with E-state index in [-0.39, 0.29) is 19.3 Å². The monoisotopic (exact) mass is 588 g/mol. The van der Waals surface area contributed by atoms with Crippen LogP contribution in [-0.2, 0) is 42.9 Å². The molecule has 0 amide bonds. The Morgan fingerprint density at radius 3 is 2.29 bits per heavy atom. The summed E-state index contributed by atoms with van der Waals surface area (Å²) in [6, 6.07) is 1.65. The van der Waals surface area contributed by atoms with Gasteiger partial charge in [-0.25, -0.2) is 4.79 Å². The molecule has 1 aromatic rings. The molecule has 42 heavy (non-hydrogen) atoms. The number of fused-ring (bicyclic) bond motifs is 3. The van der Waals surface area contributed by atoms with Crippen molar-refractivity contribution in [1.82, 2.24) is 0 Å². The first-order chi connectivity index (χ1) is 19.6. The molecule has 4 aliphatic rings. The standard InChI is InChI=1S/C31H40O11/c1-15-19-11-23(40-17(3)33)30(7)26(18-9-10-38-14-18)41-27(36)25(35)31(15,30)42-22-13-21(39-16(2)32)28(4,5)20(29(19,22)6)12-24(34)37-8/h9-10,14,19-23,25-26,35H,1,11-13H2,2-8H3/t19?,20-,21-,22-,23+,25+,26+,29+,30+,31+/m0/s1. The van der Waals surface area contributed by atoms with Gasteiger partial charge in [0.05, 0.1) is 31.2 Å². The van der Waals surface area contributed by atoms with Crippen LogP contribution in [0.3, 0.4) is 0 Å². The summed E-state index contributed by atoms with van der Waals surface area (Å²) in [5.41, 5.74) is -3.68. The highest BCUT2D eigenvalue weighted by atomic mass is 16.6. The van der Waals surface area contributed by atoms with Crippen LogP contribution in [0.5, 0.6) is 0 Å². The van der Waals surface area contributed by atoms with Gasteiger partial charge in [-0.3, -0.25) is 14.4 Å². The first-order valence-corrected chi connectivity index (χ1v) is 14.3. The summed E-state index contributed by atoms with van der Waals surface area (Å²) in [6.07, 6.45) is -1.70. The first kappa shape index (κ1) is 30.3. The van der Waals surface area contributed by atoms with Crippen LogP contribution >= 0.6 is 0 Å². The molecule has 3 heterocycles. The summed E-state index contributed by atoms with van der Waals surface area (Å²) in [5.74, 6) is -3.32. The third-order valence-electron chi connectivity index (χ3n) is 10.9. The van der Waals surface area contributed by atoms with Crippen molar-refractivity contribution in [2.24, 2.45) is 28.1 Å². The second-order valence-electron chi connectivity index (χ2n) is 13.2. The number of carbonyl (C=O) groups is 4. The number of aliphatic hydroxyl groups is 1. The fourth-order valence-electron chi connectivity index (χ4n) is 8.86. The maximum absolute atomic E-state index is 13.4. The largest absolute Gasteiger partial charge is 0.472 e. The Morgan fingerprint density at radius 1 is 1.07 bits per heavy atom. The third kappa shape index (κ3) is 3.92. The molecule has 1 aromatic heterocycles. The second-order valence-corrected chi connectivity index (χ2v) is 13.2. The van der Waals surface area contributed by atoms with Gasteiger partial charge in [-0.15, -0.1) is 0 Å². The van der Waals surface area contributed by atoms with Crippen LogP contribution < -0.4 is 0 Å². The number of cyclic esters (lactones) is 1. The average Bonchev–Trinajstić information content (AvgIpc) is 3.44. The highest BCUT2D eigenvalue weighted by molar-refractivity contribution is 5.80. The van der Waals surface area contributed by atoms with Crippen molar-refractivity contribution in [2.45, 2.75) is 96.9 Å². The molecule has 11 heteroatoms. The smallest absolute Gasteiger partial charge is 0.339 e. The number of esters is 4. The lowest BCUT2D eigenvalue weighted by Gasteiger charge is -2.72. The zero-order chi connectivity index (χ0) is 31.0. The van der Waals surface area contributed by atoms with Gasteiger partial charge in [0.15, 0.2) is 6.10 Å². The second kappa shape index (κ2) is 9.94. The number of hydrogen-bond donors (Lipinski definition) is 1. The molecule has 0 radical (unpaired) electrons. The molecule has 2 bridgehead atoms. The van der Waals surface area contributed by atoms with Gasteiger partial charge in [0.25, 0.3) is 0 Å². The number of methoxy groups -OCH3 is 1. The van der Waals surface area contributed by atoms with Gasteiger partial charge < -0.3 is 33.2 Å². The summed E-state index contributed by atoms with van der Waals surface area (Å²) in [4.78, 5) is 51.0. The van der Waals surface area contributed by atoms with Crippen molar-refractivity contribution in [3.63, 3.8) is 0 Å².